The summed E-state index contributed by atoms with van der Waals surface area (Å²) in [4.78, 5) is 8.53. The lowest BCUT2D eigenvalue weighted by atomic mass is 10.1. The zero-order valence-electron chi connectivity index (χ0n) is 21.8. The zero-order chi connectivity index (χ0) is 29.0. The van der Waals surface area contributed by atoms with Crippen LogP contribution in [0.3, 0.4) is 0 Å². The first-order chi connectivity index (χ1) is 19.6. The number of sulfone groups is 1. The van der Waals surface area contributed by atoms with E-state index in [2.05, 4.69) is 20.6 Å². The summed E-state index contributed by atoms with van der Waals surface area (Å²) < 4.78 is 62.6. The first-order valence-corrected chi connectivity index (χ1v) is 14.9. The second-order valence-electron chi connectivity index (χ2n) is 9.33. The van der Waals surface area contributed by atoms with Crippen molar-refractivity contribution in [2.45, 2.75) is 13.2 Å². The van der Waals surface area contributed by atoms with Crippen molar-refractivity contribution in [1.82, 2.24) is 15.3 Å². The van der Waals surface area contributed by atoms with Gasteiger partial charge in [0.2, 0.25) is 0 Å². The van der Waals surface area contributed by atoms with Gasteiger partial charge in [0.15, 0.2) is 0 Å². The molecule has 5 rings (SSSR count). The smallest absolute Gasteiger partial charge is 0.148 e. The molecule has 5 aromatic rings. The molecule has 0 aliphatic carbocycles. The third-order valence-corrected chi connectivity index (χ3v) is 7.32. The Morgan fingerprint density at radius 2 is 1.88 bits per heavy atom. The van der Waals surface area contributed by atoms with E-state index in [0.717, 1.165) is 0 Å². The number of ether oxygens (including phenoxy) is 1. The monoisotopic (exact) mass is 598 g/mol. The molecule has 2 aromatic heterocycles. The average molecular weight is 599 g/mol. The second-order valence-corrected chi connectivity index (χ2v) is 12.0. The molecule has 2 heterocycles. The predicted molar refractivity (Wildman–Crippen MR) is 154 cm³/mol. The molecule has 0 atom stereocenters. The Kier molecular flexibility index (Phi) is 8.48. The van der Waals surface area contributed by atoms with Crippen LogP contribution in [0.2, 0.25) is 5.02 Å². The topological polar surface area (TPSA) is 106 Å². The molecule has 8 nitrogen and oxygen atoms in total. The Bertz CT molecular complexity index is 1810. The number of fused-ring (bicyclic) bond motifs is 1. The number of aromatic nitrogens is 2. The summed E-state index contributed by atoms with van der Waals surface area (Å²) >= 11 is 6.44. The van der Waals surface area contributed by atoms with Gasteiger partial charge in [-0.25, -0.2) is 27.2 Å². The molecule has 0 amide bonds. The van der Waals surface area contributed by atoms with E-state index < -0.39 is 15.7 Å². The first kappa shape index (κ1) is 28.5. The number of hydrogen-bond acceptors (Lipinski definition) is 8. The van der Waals surface area contributed by atoms with Gasteiger partial charge in [-0.15, -0.1) is 0 Å². The van der Waals surface area contributed by atoms with Crippen molar-refractivity contribution in [2.75, 3.05) is 23.9 Å². The minimum Gasteiger partial charge on any atom is -0.487 e. The van der Waals surface area contributed by atoms with E-state index in [1.807, 2.05) is 0 Å². The number of benzene rings is 3. The summed E-state index contributed by atoms with van der Waals surface area (Å²) in [5.74, 6) is 0.838. The highest BCUT2D eigenvalue weighted by Gasteiger charge is 2.15. The zero-order valence-corrected chi connectivity index (χ0v) is 23.4. The van der Waals surface area contributed by atoms with Crippen LogP contribution in [0.5, 0.6) is 5.75 Å². The number of furan rings is 1. The molecule has 12 heteroatoms. The molecule has 212 valence electrons. The van der Waals surface area contributed by atoms with E-state index in [9.17, 15) is 12.8 Å². The molecule has 41 heavy (non-hydrogen) atoms. The number of halogens is 3. The highest BCUT2D eigenvalue weighted by molar-refractivity contribution is 7.90. The van der Waals surface area contributed by atoms with Gasteiger partial charge in [-0.2, -0.15) is 0 Å². The summed E-state index contributed by atoms with van der Waals surface area (Å²) in [6.07, 6.45) is 2.50. The van der Waals surface area contributed by atoms with Gasteiger partial charge in [-0.1, -0.05) is 23.7 Å². The van der Waals surface area contributed by atoms with Gasteiger partial charge in [-0.3, -0.25) is 0 Å². The van der Waals surface area contributed by atoms with E-state index in [-0.39, 0.29) is 30.3 Å². The van der Waals surface area contributed by atoms with E-state index in [1.165, 1.54) is 30.8 Å². The van der Waals surface area contributed by atoms with Crippen molar-refractivity contribution in [3.63, 3.8) is 0 Å². The molecule has 0 saturated heterocycles. The fraction of sp³-hybridized carbons (Fsp3) is 0.172. The highest BCUT2D eigenvalue weighted by Crippen LogP contribution is 2.34. The summed E-state index contributed by atoms with van der Waals surface area (Å²) in [5.41, 5.74) is 1.89. The number of rotatable bonds is 11. The molecule has 0 aliphatic heterocycles. The van der Waals surface area contributed by atoms with Crippen molar-refractivity contribution in [3.05, 3.63) is 101 Å². The molecule has 0 radical (unpaired) electrons. The molecular formula is C29H25ClF2N4O4S. The quantitative estimate of drug-likeness (QED) is 0.171. The molecule has 0 unspecified atom stereocenters. The Morgan fingerprint density at radius 1 is 1.02 bits per heavy atom. The lowest BCUT2D eigenvalue weighted by molar-refractivity contribution is 0.306. The maximum absolute atomic E-state index is 15.1. The van der Waals surface area contributed by atoms with Crippen molar-refractivity contribution in [3.8, 4) is 17.1 Å². The predicted octanol–water partition coefficient (Wildman–Crippen LogP) is 6.28. The fourth-order valence-electron chi connectivity index (χ4n) is 4.07. The maximum atomic E-state index is 15.1. The summed E-state index contributed by atoms with van der Waals surface area (Å²) in [5, 5.41) is 7.08. The van der Waals surface area contributed by atoms with Crippen molar-refractivity contribution in [1.29, 1.82) is 0 Å². The lowest BCUT2D eigenvalue weighted by Gasteiger charge is -2.12. The summed E-state index contributed by atoms with van der Waals surface area (Å²) in [6, 6.07) is 17.5. The molecule has 0 aliphatic rings. The number of nitrogens with zero attached hydrogens (tertiary/aromatic N) is 2. The van der Waals surface area contributed by atoms with Crippen molar-refractivity contribution < 1.29 is 26.4 Å². The first-order valence-electron chi connectivity index (χ1n) is 12.5. The number of anilines is 2. The Balaban J connectivity index is 1.32. The number of nitrogens with one attached hydrogen (secondary N) is 2. The third kappa shape index (κ3) is 7.37. The van der Waals surface area contributed by atoms with Crippen LogP contribution in [0.15, 0.2) is 77.5 Å². The van der Waals surface area contributed by atoms with E-state index >= 15 is 4.39 Å². The molecule has 0 spiro atoms. The van der Waals surface area contributed by atoms with Crippen LogP contribution >= 0.6 is 11.6 Å². The average Bonchev–Trinajstić information content (AvgIpc) is 3.39. The van der Waals surface area contributed by atoms with Gasteiger partial charge in [-0.05, 0) is 54.1 Å². The van der Waals surface area contributed by atoms with Crippen LogP contribution in [0.1, 0.15) is 11.3 Å². The Morgan fingerprint density at radius 3 is 2.66 bits per heavy atom. The van der Waals surface area contributed by atoms with E-state index in [0.29, 0.717) is 56.8 Å². The SMILES string of the molecule is CS(=O)(=O)CCNCc1ccc(-c2cc3c(Nc4ccc(OCc5cccc(F)c5)c(Cl)c4)ncnc3cc2F)o1. The minimum absolute atomic E-state index is 0.00548. The number of hydrogen-bond donors (Lipinski definition) is 2. The fourth-order valence-corrected chi connectivity index (χ4v) is 4.82. The third-order valence-electron chi connectivity index (χ3n) is 6.08. The van der Waals surface area contributed by atoms with Crippen LogP contribution in [-0.4, -0.2) is 36.9 Å². The largest absolute Gasteiger partial charge is 0.487 e. The summed E-state index contributed by atoms with van der Waals surface area (Å²) in [7, 11) is -3.07. The van der Waals surface area contributed by atoms with Gasteiger partial charge >= 0.3 is 0 Å². The van der Waals surface area contributed by atoms with Gasteiger partial charge < -0.3 is 19.8 Å². The minimum atomic E-state index is -3.07. The molecule has 3 aromatic carbocycles. The van der Waals surface area contributed by atoms with Crippen LogP contribution in [0, 0.1) is 11.6 Å². The molecule has 0 fully saturated rings. The van der Waals surface area contributed by atoms with Crippen LogP contribution in [-0.2, 0) is 23.0 Å². The highest BCUT2D eigenvalue weighted by atomic mass is 35.5. The van der Waals surface area contributed by atoms with Crippen LogP contribution < -0.4 is 15.4 Å². The standard InChI is InChI=1S/C29H25ClF2N4O4S/c1-41(37,38)10-9-33-15-21-6-8-27(40-21)22-13-23-26(14-25(22)32)34-17-35-29(23)36-20-5-7-28(24(30)12-20)39-16-18-3-2-4-19(31)11-18/h2-8,11-14,17,33H,9-10,15-16H2,1H3,(H,34,35,36). The van der Waals surface area contributed by atoms with Gasteiger partial charge in [0, 0.05) is 29.9 Å². The summed E-state index contributed by atoms with van der Waals surface area (Å²) in [6.45, 7) is 0.722. The van der Waals surface area contributed by atoms with E-state index in [4.69, 9.17) is 20.8 Å². The molecule has 0 saturated carbocycles. The van der Waals surface area contributed by atoms with Gasteiger partial charge in [0.05, 0.1) is 28.4 Å². The molecule has 0 bridgehead atoms. The van der Waals surface area contributed by atoms with Crippen LogP contribution in [0.25, 0.3) is 22.2 Å². The van der Waals surface area contributed by atoms with Gasteiger partial charge in [0.25, 0.3) is 0 Å². The molecular weight excluding hydrogens is 574 g/mol. The lowest BCUT2D eigenvalue weighted by Crippen LogP contribution is -2.21. The van der Waals surface area contributed by atoms with Gasteiger partial charge in [0.1, 0.15) is 57.5 Å². The Labute approximate surface area is 240 Å². The second kappa shape index (κ2) is 12.2. The van der Waals surface area contributed by atoms with Crippen molar-refractivity contribution in [2.24, 2.45) is 0 Å². The molecule has 2 N–H and O–H groups in total. The normalized spacial score (nSPS) is 11.6. The van der Waals surface area contributed by atoms with Crippen molar-refractivity contribution >= 4 is 43.8 Å². The Hall–Kier alpha value is -4.06. The van der Waals surface area contributed by atoms with Crippen LogP contribution in [0.4, 0.5) is 20.3 Å². The van der Waals surface area contributed by atoms with E-state index in [1.54, 1.807) is 48.5 Å². The maximum Gasteiger partial charge on any atom is 0.148 e.